The van der Waals surface area contributed by atoms with E-state index in [1.54, 1.807) is 0 Å². The molecule has 5 heteroatoms. The van der Waals surface area contributed by atoms with Crippen molar-refractivity contribution in [3.63, 3.8) is 0 Å². The van der Waals surface area contributed by atoms with E-state index in [1.807, 2.05) is 0 Å². The number of rotatable bonds is 3. The Bertz CT molecular complexity index is 169. The largest absolute Gasteiger partial charge is 0.481 e. The number of carboxylic acid groups (broad SMARTS) is 1. The Morgan fingerprint density at radius 3 is 2.23 bits per heavy atom. The van der Waals surface area contributed by atoms with E-state index in [-0.39, 0.29) is 6.61 Å². The van der Waals surface area contributed by atoms with Crippen molar-refractivity contribution in [2.45, 2.75) is 20.0 Å². The number of carboxylic acids is 1. The van der Waals surface area contributed by atoms with Crippen molar-refractivity contribution in [1.29, 1.82) is 0 Å². The van der Waals surface area contributed by atoms with Crippen LogP contribution in [0.2, 0.25) is 0 Å². The van der Waals surface area contributed by atoms with Gasteiger partial charge in [0.1, 0.15) is 6.61 Å². The topological polar surface area (TPSA) is 83.8 Å². The van der Waals surface area contributed by atoms with Gasteiger partial charge in [-0.05, 0) is 6.92 Å². The second-order valence-electron chi connectivity index (χ2n) is 2.20. The van der Waals surface area contributed by atoms with E-state index in [1.165, 1.54) is 6.92 Å². The zero-order chi connectivity index (χ0) is 10.9. The summed E-state index contributed by atoms with van der Waals surface area (Å²) >= 11 is 0. The molecule has 2 N–H and O–H groups in total. The highest BCUT2D eigenvalue weighted by Gasteiger charge is 1.98. The van der Waals surface area contributed by atoms with Gasteiger partial charge in [-0.1, -0.05) is 6.58 Å². The molecular formula is C8H14O5. The maximum absolute atomic E-state index is 10.3. The average molecular weight is 190 g/mol. The lowest BCUT2D eigenvalue weighted by atomic mass is 10.4. The Balaban J connectivity index is 0. The molecule has 0 radical (unpaired) electrons. The molecule has 1 unspecified atom stereocenters. The van der Waals surface area contributed by atoms with Crippen LogP contribution in [0, 0.1) is 0 Å². The smallest absolute Gasteiger partial charge is 0.330 e. The van der Waals surface area contributed by atoms with Crippen molar-refractivity contribution < 1.29 is 24.5 Å². The molecule has 0 bridgehead atoms. The van der Waals surface area contributed by atoms with Crippen LogP contribution in [-0.4, -0.2) is 34.9 Å². The lowest BCUT2D eigenvalue weighted by molar-refractivity contribution is -0.140. The minimum Gasteiger partial charge on any atom is -0.481 e. The summed E-state index contributed by atoms with van der Waals surface area (Å²) in [6.45, 7) is 5.84. The molecule has 0 aromatic rings. The molecule has 5 nitrogen and oxygen atoms in total. The summed E-state index contributed by atoms with van der Waals surface area (Å²) in [6, 6.07) is 0. The lowest BCUT2D eigenvalue weighted by Crippen LogP contribution is -2.13. The predicted octanol–water partition coefficient (Wildman–Crippen LogP) is 0.187. The third-order valence-corrected chi connectivity index (χ3v) is 0.633. The standard InChI is InChI=1S/C6H10O3.C2H4O2/c1-3-6(8)9-4-5(2)7;1-2(3)4/h3,5,7H,1,4H2,2H3;1H3,(H,3,4). The molecule has 0 saturated heterocycles. The number of aliphatic hydroxyl groups excluding tert-OH is 1. The zero-order valence-electron chi connectivity index (χ0n) is 7.69. The van der Waals surface area contributed by atoms with E-state index in [2.05, 4.69) is 11.3 Å². The average Bonchev–Trinajstić information content (AvgIpc) is 1.99. The van der Waals surface area contributed by atoms with E-state index in [0.29, 0.717) is 0 Å². The summed E-state index contributed by atoms with van der Waals surface area (Å²) in [5.74, 6) is -1.34. The summed E-state index contributed by atoms with van der Waals surface area (Å²) in [6.07, 6.45) is 0.455. The SMILES string of the molecule is C=CC(=O)OCC(C)O.CC(=O)O. The third-order valence-electron chi connectivity index (χ3n) is 0.633. The first kappa shape index (κ1) is 14.2. The fraction of sp³-hybridized carbons (Fsp3) is 0.500. The Morgan fingerprint density at radius 2 is 2.00 bits per heavy atom. The van der Waals surface area contributed by atoms with Gasteiger partial charge in [-0.2, -0.15) is 0 Å². The van der Waals surface area contributed by atoms with Gasteiger partial charge in [0.25, 0.3) is 5.97 Å². The Hall–Kier alpha value is -1.36. The van der Waals surface area contributed by atoms with Gasteiger partial charge in [0.15, 0.2) is 0 Å². The van der Waals surface area contributed by atoms with Crippen LogP contribution < -0.4 is 0 Å². The second-order valence-corrected chi connectivity index (χ2v) is 2.20. The molecule has 0 saturated carbocycles. The quantitative estimate of drug-likeness (QED) is 0.490. The molecule has 0 fully saturated rings. The van der Waals surface area contributed by atoms with Crippen LogP contribution in [0.4, 0.5) is 0 Å². The molecule has 0 spiro atoms. The Labute approximate surface area is 76.6 Å². The molecule has 0 heterocycles. The maximum Gasteiger partial charge on any atom is 0.330 e. The maximum atomic E-state index is 10.3. The van der Waals surface area contributed by atoms with Crippen molar-refractivity contribution in [3.05, 3.63) is 12.7 Å². The number of aliphatic hydroxyl groups is 1. The van der Waals surface area contributed by atoms with Gasteiger partial charge in [0.05, 0.1) is 6.10 Å². The molecule has 0 aliphatic carbocycles. The van der Waals surface area contributed by atoms with Gasteiger partial charge in [0.2, 0.25) is 0 Å². The highest BCUT2D eigenvalue weighted by Crippen LogP contribution is 1.83. The second kappa shape index (κ2) is 8.73. The van der Waals surface area contributed by atoms with Crippen molar-refractivity contribution >= 4 is 11.9 Å². The van der Waals surface area contributed by atoms with Gasteiger partial charge in [-0.3, -0.25) is 4.79 Å². The van der Waals surface area contributed by atoms with Crippen molar-refractivity contribution in [2.75, 3.05) is 6.61 Å². The van der Waals surface area contributed by atoms with Gasteiger partial charge in [-0.25, -0.2) is 4.79 Å². The molecular weight excluding hydrogens is 176 g/mol. The summed E-state index contributed by atoms with van der Waals surface area (Å²) in [5.41, 5.74) is 0. The van der Waals surface area contributed by atoms with Crippen LogP contribution >= 0.6 is 0 Å². The van der Waals surface area contributed by atoms with Crippen LogP contribution in [0.3, 0.4) is 0 Å². The number of aliphatic carboxylic acids is 1. The van der Waals surface area contributed by atoms with Crippen molar-refractivity contribution in [2.24, 2.45) is 0 Å². The van der Waals surface area contributed by atoms with Crippen molar-refractivity contribution in [1.82, 2.24) is 0 Å². The zero-order valence-corrected chi connectivity index (χ0v) is 7.69. The number of hydrogen-bond donors (Lipinski definition) is 2. The Morgan fingerprint density at radius 1 is 1.62 bits per heavy atom. The molecule has 76 valence electrons. The molecule has 0 aromatic carbocycles. The number of esters is 1. The molecule has 1 atom stereocenters. The number of hydrogen-bond acceptors (Lipinski definition) is 4. The van der Waals surface area contributed by atoms with Crippen LogP contribution in [0.25, 0.3) is 0 Å². The number of carbonyl (C=O) groups is 2. The monoisotopic (exact) mass is 190 g/mol. The van der Waals surface area contributed by atoms with Gasteiger partial charge in [-0.15, -0.1) is 0 Å². The molecule has 13 heavy (non-hydrogen) atoms. The fourth-order valence-electron chi connectivity index (χ4n) is 0.262. The van der Waals surface area contributed by atoms with E-state index in [4.69, 9.17) is 15.0 Å². The van der Waals surface area contributed by atoms with Gasteiger partial charge < -0.3 is 14.9 Å². The summed E-state index contributed by atoms with van der Waals surface area (Å²) < 4.78 is 4.45. The number of ether oxygens (including phenoxy) is 1. The molecule has 0 aliphatic heterocycles. The first-order valence-corrected chi connectivity index (χ1v) is 3.57. The van der Waals surface area contributed by atoms with E-state index < -0.39 is 18.0 Å². The summed E-state index contributed by atoms with van der Waals surface area (Å²) in [7, 11) is 0. The van der Waals surface area contributed by atoms with Gasteiger partial charge in [0, 0.05) is 13.0 Å². The molecule has 0 aliphatic rings. The van der Waals surface area contributed by atoms with Gasteiger partial charge >= 0.3 is 5.97 Å². The van der Waals surface area contributed by atoms with Crippen LogP contribution in [0.15, 0.2) is 12.7 Å². The molecule has 0 rings (SSSR count). The summed E-state index contributed by atoms with van der Waals surface area (Å²) in [4.78, 5) is 19.3. The molecule has 0 aromatic heterocycles. The lowest BCUT2D eigenvalue weighted by Gasteiger charge is -2.02. The number of carbonyl (C=O) groups excluding carboxylic acids is 1. The normalized spacial score (nSPS) is 10.4. The van der Waals surface area contributed by atoms with Crippen LogP contribution in [0.5, 0.6) is 0 Å². The van der Waals surface area contributed by atoms with Crippen LogP contribution in [0.1, 0.15) is 13.8 Å². The van der Waals surface area contributed by atoms with E-state index in [9.17, 15) is 4.79 Å². The first-order chi connectivity index (χ1) is 5.90. The van der Waals surface area contributed by atoms with E-state index in [0.717, 1.165) is 13.0 Å². The van der Waals surface area contributed by atoms with E-state index >= 15 is 0 Å². The predicted molar refractivity (Wildman–Crippen MR) is 46.1 cm³/mol. The Kier molecular flexibility index (Phi) is 9.53. The third kappa shape index (κ3) is 25.0. The fourth-order valence-corrected chi connectivity index (χ4v) is 0.262. The highest BCUT2D eigenvalue weighted by molar-refractivity contribution is 5.81. The minimum absolute atomic E-state index is 0.0326. The molecule has 0 amide bonds. The minimum atomic E-state index is -0.833. The van der Waals surface area contributed by atoms with Crippen molar-refractivity contribution in [3.8, 4) is 0 Å². The summed E-state index contributed by atoms with van der Waals surface area (Å²) in [5, 5.41) is 16.0. The van der Waals surface area contributed by atoms with Crippen LogP contribution in [-0.2, 0) is 14.3 Å². The first-order valence-electron chi connectivity index (χ1n) is 3.57. The highest BCUT2D eigenvalue weighted by atomic mass is 16.5.